The Balaban J connectivity index is 0.000000640. The van der Waals surface area contributed by atoms with Gasteiger partial charge in [0.25, 0.3) is 25.9 Å². The van der Waals surface area contributed by atoms with Gasteiger partial charge in [-0.3, -0.25) is 47.9 Å². The molecule has 4 aliphatic rings. The van der Waals surface area contributed by atoms with Crippen LogP contribution in [0.15, 0.2) is 0 Å². The summed E-state index contributed by atoms with van der Waals surface area (Å²) in [7, 11) is 0. The molecule has 556 valence electrons. The van der Waals surface area contributed by atoms with Crippen molar-refractivity contribution in [2.75, 3.05) is 61.2 Å². The first-order valence-corrected chi connectivity index (χ1v) is 35.7. The van der Waals surface area contributed by atoms with Gasteiger partial charge >= 0.3 is 23.9 Å². The molecule has 96 heavy (non-hydrogen) atoms. The van der Waals surface area contributed by atoms with Crippen molar-refractivity contribution in [3.63, 3.8) is 0 Å². The lowest BCUT2D eigenvalue weighted by molar-refractivity contribution is -0.400. The standard InChI is InChI=1S/2C15H26O9S.2C14H23NO7S/c2*1-8(6-25-2)10(18)3-9-11(19)4-15(22,23-7-17)24-14(9)13(21)12(20)5-16;2*1-8(6-23-3)10(18)4-12-13(15-9(2)17)11(19)5-14(20,22-12)21-7-16/h2*7-9,11-14,16,19-22H,3-6H2,1-2H3;2*7-8,11-13,19-20H,4-6H2,1-3H3,(H,15,17). The van der Waals surface area contributed by atoms with Gasteiger partial charge in [0.2, 0.25) is 11.8 Å². The lowest BCUT2D eigenvalue weighted by atomic mass is 9.80. The molecule has 4 heterocycles. The molecule has 4 rings (SSSR count). The van der Waals surface area contributed by atoms with E-state index in [-0.39, 0.29) is 98.4 Å². The second-order valence-electron chi connectivity index (χ2n) is 23.6. The highest BCUT2D eigenvalue weighted by Crippen LogP contribution is 2.39. The number of carbonyl (C=O) groups is 10. The first-order chi connectivity index (χ1) is 44.8. The van der Waals surface area contributed by atoms with Crippen LogP contribution in [0, 0.1) is 35.5 Å². The molecule has 4 fully saturated rings. The van der Waals surface area contributed by atoms with Gasteiger partial charge in [-0.1, -0.05) is 27.7 Å². The van der Waals surface area contributed by atoms with Crippen molar-refractivity contribution in [2.24, 2.45) is 35.5 Å². The van der Waals surface area contributed by atoms with Crippen molar-refractivity contribution < 1.29 is 157 Å². The third-order valence-corrected chi connectivity index (χ3v) is 19.0. The maximum atomic E-state index is 12.3. The maximum absolute atomic E-state index is 12.3. The van der Waals surface area contributed by atoms with E-state index in [0.29, 0.717) is 23.0 Å². The summed E-state index contributed by atoms with van der Waals surface area (Å²) in [5.41, 5.74) is 0. The van der Waals surface area contributed by atoms with Crippen LogP contribution in [-0.4, -0.2) is 303 Å². The summed E-state index contributed by atoms with van der Waals surface area (Å²) in [6, 6.07) is -1.76. The van der Waals surface area contributed by atoms with Gasteiger partial charge in [-0.25, -0.2) is 0 Å². The molecule has 38 heteroatoms. The van der Waals surface area contributed by atoms with Gasteiger partial charge < -0.3 is 120 Å². The van der Waals surface area contributed by atoms with Crippen molar-refractivity contribution in [2.45, 2.75) is 202 Å². The monoisotopic (exact) mass is 1460 g/mol. The molecule has 24 unspecified atom stereocenters. The number of rotatable bonds is 36. The van der Waals surface area contributed by atoms with Crippen LogP contribution in [0.5, 0.6) is 0 Å². The Morgan fingerprint density at radius 2 is 0.688 bits per heavy atom. The van der Waals surface area contributed by atoms with E-state index in [2.05, 4.69) is 29.6 Å². The molecular formula is C58H98N2O32S4. The second-order valence-corrected chi connectivity index (χ2v) is 27.3. The molecule has 34 nitrogen and oxygen atoms in total. The lowest BCUT2D eigenvalue weighted by Gasteiger charge is -2.45. The Kier molecular flexibility index (Phi) is 41.1. The van der Waals surface area contributed by atoms with Crippen LogP contribution in [0.1, 0.15) is 92.9 Å². The SMILES string of the molecule is CSCC(C)C(=O)CC1C(O)CC(O)(OC=O)OC1C(O)C(O)CO.CSCC(C)C(=O)CC1C(O)CC(O)(OC=O)OC1C(O)C(O)CO.CSCC(C)C(=O)CC1OC(O)(OC=O)CC(O)C1NC(C)=O.CSCC(C)C(=O)CC1OC(O)(OC=O)CC(O)C1NC(C)=O. The van der Waals surface area contributed by atoms with E-state index in [1.165, 1.54) is 60.9 Å². The zero-order valence-electron chi connectivity index (χ0n) is 55.0. The summed E-state index contributed by atoms with van der Waals surface area (Å²) in [5, 5.41) is 144. The van der Waals surface area contributed by atoms with Crippen LogP contribution < -0.4 is 10.6 Å². The number of amides is 2. The minimum atomic E-state index is -2.49. The first-order valence-electron chi connectivity index (χ1n) is 30.2. The molecule has 0 bridgehead atoms. The predicted molar refractivity (Wildman–Crippen MR) is 339 cm³/mol. The Morgan fingerprint density at radius 3 is 0.917 bits per heavy atom. The van der Waals surface area contributed by atoms with Gasteiger partial charge in [-0.15, -0.1) is 0 Å². The number of thioether (sulfide) groups is 4. The molecule has 0 aromatic heterocycles. The number of Topliss-reactive ketones (excluding diaryl/α,β-unsaturated/α-hetero) is 4. The molecule has 0 spiro atoms. The molecule has 0 saturated carbocycles. The van der Waals surface area contributed by atoms with Crippen molar-refractivity contribution in [3.05, 3.63) is 0 Å². The number of hydrogen-bond acceptors (Lipinski definition) is 36. The fourth-order valence-corrected chi connectivity index (χ4v) is 13.3. The third-order valence-electron chi connectivity index (χ3n) is 15.7. The van der Waals surface area contributed by atoms with Crippen LogP contribution in [0.3, 0.4) is 0 Å². The maximum Gasteiger partial charge on any atom is 0.329 e. The Hall–Kier alpha value is -3.82. The highest BCUT2D eigenvalue weighted by atomic mass is 32.2. The largest absolute Gasteiger partial charge is 0.410 e. The summed E-state index contributed by atoms with van der Waals surface area (Å²) < 4.78 is 38.8. The number of carbonyl (C=O) groups excluding carboxylic acids is 10. The zero-order valence-corrected chi connectivity index (χ0v) is 58.3. The molecule has 4 aliphatic heterocycles. The number of aliphatic hydroxyl groups excluding tert-OH is 10. The molecule has 24 atom stereocenters. The van der Waals surface area contributed by atoms with Crippen LogP contribution >= 0.6 is 47.0 Å². The molecule has 16 N–H and O–H groups in total. The van der Waals surface area contributed by atoms with Gasteiger partial charge in [0.05, 0.1) is 99.8 Å². The summed E-state index contributed by atoms with van der Waals surface area (Å²) in [5.74, 6) is -11.7. The van der Waals surface area contributed by atoms with Crippen molar-refractivity contribution >= 4 is 108 Å². The molecule has 2 amide bonds. The van der Waals surface area contributed by atoms with Crippen molar-refractivity contribution in [1.29, 1.82) is 0 Å². The van der Waals surface area contributed by atoms with Crippen LogP contribution in [0.25, 0.3) is 0 Å². The fraction of sp³-hybridized carbons (Fsp3) is 0.828. The van der Waals surface area contributed by atoms with Gasteiger partial charge in [0.1, 0.15) is 47.5 Å². The van der Waals surface area contributed by atoms with E-state index in [1.54, 1.807) is 27.7 Å². The lowest BCUT2D eigenvalue weighted by Crippen LogP contribution is -2.61. The minimum Gasteiger partial charge on any atom is -0.410 e. The fourth-order valence-electron chi connectivity index (χ4n) is 10.6. The van der Waals surface area contributed by atoms with Crippen LogP contribution in [-0.2, 0) is 85.8 Å². The Morgan fingerprint density at radius 1 is 0.448 bits per heavy atom. The number of aliphatic hydroxyl groups is 14. The van der Waals surface area contributed by atoms with E-state index in [1.807, 2.05) is 25.0 Å². The number of ether oxygens (including phenoxy) is 8. The average Bonchev–Trinajstić information content (AvgIpc) is 0.826. The summed E-state index contributed by atoms with van der Waals surface area (Å²) in [6.07, 6.45) is -11.7. The van der Waals surface area contributed by atoms with E-state index in [0.717, 1.165) is 0 Å². The van der Waals surface area contributed by atoms with Gasteiger partial charge in [-0.2, -0.15) is 47.0 Å². The van der Waals surface area contributed by atoms with Crippen molar-refractivity contribution in [1.82, 2.24) is 10.6 Å². The summed E-state index contributed by atoms with van der Waals surface area (Å²) in [6.45, 7) is 7.77. The van der Waals surface area contributed by atoms with Gasteiger partial charge in [-0.05, 0) is 25.0 Å². The normalized spacial score (nSPS) is 32.7. The topological polar surface area (TPSA) is 552 Å². The Labute approximate surface area is 572 Å². The molecule has 0 aromatic carbocycles. The second kappa shape index (κ2) is 43.8. The molecular weight excluding hydrogens is 1360 g/mol. The van der Waals surface area contributed by atoms with E-state index < -0.39 is 172 Å². The number of ketones is 4. The van der Waals surface area contributed by atoms with E-state index in [4.69, 9.17) is 29.2 Å². The van der Waals surface area contributed by atoms with Crippen LogP contribution in [0.2, 0.25) is 0 Å². The van der Waals surface area contributed by atoms with Gasteiger partial charge in [0, 0.05) is 98.0 Å². The first kappa shape index (κ1) is 90.2. The molecule has 0 aliphatic carbocycles. The predicted octanol–water partition coefficient (Wildman–Crippen LogP) is -4.68. The summed E-state index contributed by atoms with van der Waals surface area (Å²) in [4.78, 5) is 114. The summed E-state index contributed by atoms with van der Waals surface area (Å²) >= 11 is 6.01. The van der Waals surface area contributed by atoms with E-state index >= 15 is 0 Å². The zero-order chi connectivity index (χ0) is 73.6. The highest BCUT2D eigenvalue weighted by Gasteiger charge is 2.55. The molecule has 0 aromatic rings. The Bertz CT molecular complexity index is 2270. The molecule has 4 saturated heterocycles. The molecule has 0 radical (unpaired) electrons. The number of nitrogens with one attached hydrogen (secondary N) is 2. The highest BCUT2D eigenvalue weighted by molar-refractivity contribution is 7.99. The average molecular weight is 1460 g/mol. The smallest absolute Gasteiger partial charge is 0.329 e. The van der Waals surface area contributed by atoms with Crippen molar-refractivity contribution in [3.8, 4) is 0 Å². The van der Waals surface area contributed by atoms with E-state index in [9.17, 15) is 109 Å². The van der Waals surface area contributed by atoms with Crippen LogP contribution in [0.4, 0.5) is 0 Å². The third kappa shape index (κ3) is 29.4. The minimum absolute atomic E-state index is 0.000673. The van der Waals surface area contributed by atoms with Gasteiger partial charge in [0.15, 0.2) is 0 Å². The number of hydrogen-bond donors (Lipinski definition) is 16. The quantitative estimate of drug-likeness (QED) is 0.0159.